The van der Waals surface area contributed by atoms with Crippen LogP contribution in [0.15, 0.2) is 0 Å². The van der Waals surface area contributed by atoms with Crippen molar-refractivity contribution in [3.63, 3.8) is 0 Å². The zero-order valence-electron chi connectivity index (χ0n) is 12.6. The van der Waals surface area contributed by atoms with Gasteiger partial charge in [-0.2, -0.15) is 0 Å². The Labute approximate surface area is 113 Å². The summed E-state index contributed by atoms with van der Waals surface area (Å²) in [6.07, 6.45) is 6.73. The summed E-state index contributed by atoms with van der Waals surface area (Å²) in [5.74, 6) is 0. The lowest BCUT2D eigenvalue weighted by Gasteiger charge is -2.24. The van der Waals surface area contributed by atoms with E-state index < -0.39 is 0 Å². The molecule has 0 amide bonds. The third-order valence-electron chi connectivity index (χ3n) is 3.52. The SMILES string of the molecule is CCCC1CN(CCCCOC(C)C)CCCN1. The van der Waals surface area contributed by atoms with Gasteiger partial charge in [-0.1, -0.05) is 13.3 Å². The van der Waals surface area contributed by atoms with Gasteiger partial charge in [0.1, 0.15) is 0 Å². The van der Waals surface area contributed by atoms with Gasteiger partial charge in [0, 0.05) is 19.2 Å². The van der Waals surface area contributed by atoms with Gasteiger partial charge in [0.2, 0.25) is 0 Å². The molecule has 0 aromatic carbocycles. The first-order chi connectivity index (χ1) is 8.72. The normalized spacial score (nSPS) is 22.3. The van der Waals surface area contributed by atoms with Crippen molar-refractivity contribution in [1.29, 1.82) is 0 Å². The van der Waals surface area contributed by atoms with E-state index in [1.54, 1.807) is 0 Å². The molecule has 3 nitrogen and oxygen atoms in total. The Kier molecular flexibility index (Phi) is 8.64. The minimum Gasteiger partial charge on any atom is -0.379 e. The van der Waals surface area contributed by atoms with Crippen LogP contribution in [-0.4, -0.2) is 49.8 Å². The zero-order chi connectivity index (χ0) is 13.2. The maximum atomic E-state index is 5.58. The molecule has 1 N–H and O–H groups in total. The molecule has 1 unspecified atom stereocenters. The summed E-state index contributed by atoms with van der Waals surface area (Å²) < 4.78 is 5.58. The third kappa shape index (κ3) is 7.34. The molecule has 0 bridgehead atoms. The first kappa shape index (κ1) is 15.9. The zero-order valence-corrected chi connectivity index (χ0v) is 12.6. The fourth-order valence-corrected chi connectivity index (χ4v) is 2.58. The maximum absolute atomic E-state index is 5.58. The van der Waals surface area contributed by atoms with Crippen LogP contribution in [0.5, 0.6) is 0 Å². The minimum atomic E-state index is 0.376. The Morgan fingerprint density at radius 1 is 1.33 bits per heavy atom. The predicted octanol–water partition coefficient (Wildman–Crippen LogP) is 2.66. The predicted molar refractivity (Wildman–Crippen MR) is 78.1 cm³/mol. The maximum Gasteiger partial charge on any atom is 0.0518 e. The van der Waals surface area contributed by atoms with E-state index in [-0.39, 0.29) is 0 Å². The first-order valence-electron chi connectivity index (χ1n) is 7.79. The van der Waals surface area contributed by atoms with Gasteiger partial charge in [0.25, 0.3) is 0 Å². The summed E-state index contributed by atoms with van der Waals surface area (Å²) in [5, 5.41) is 3.66. The Morgan fingerprint density at radius 3 is 2.89 bits per heavy atom. The van der Waals surface area contributed by atoms with Crippen molar-refractivity contribution in [3.05, 3.63) is 0 Å². The molecule has 0 aromatic rings. The molecule has 0 radical (unpaired) electrons. The lowest BCUT2D eigenvalue weighted by atomic mass is 10.1. The molecule has 1 fully saturated rings. The van der Waals surface area contributed by atoms with Crippen LogP contribution in [0.4, 0.5) is 0 Å². The molecular formula is C15H32N2O. The molecule has 1 atom stereocenters. The van der Waals surface area contributed by atoms with Crippen molar-refractivity contribution < 1.29 is 4.74 Å². The second kappa shape index (κ2) is 9.76. The molecule has 3 heteroatoms. The highest BCUT2D eigenvalue weighted by molar-refractivity contribution is 4.76. The lowest BCUT2D eigenvalue weighted by Crippen LogP contribution is -2.38. The minimum absolute atomic E-state index is 0.376. The monoisotopic (exact) mass is 256 g/mol. The van der Waals surface area contributed by atoms with Crippen LogP contribution in [0.2, 0.25) is 0 Å². The van der Waals surface area contributed by atoms with Crippen molar-refractivity contribution >= 4 is 0 Å². The molecule has 1 aliphatic rings. The molecule has 1 aliphatic heterocycles. The van der Waals surface area contributed by atoms with Crippen LogP contribution in [-0.2, 0) is 4.74 Å². The Hall–Kier alpha value is -0.120. The number of hydrogen-bond donors (Lipinski definition) is 1. The highest BCUT2D eigenvalue weighted by Crippen LogP contribution is 2.07. The second-order valence-corrected chi connectivity index (χ2v) is 5.72. The average Bonchev–Trinajstić information content (AvgIpc) is 2.54. The first-order valence-corrected chi connectivity index (χ1v) is 7.79. The number of hydrogen-bond acceptors (Lipinski definition) is 3. The van der Waals surface area contributed by atoms with E-state index >= 15 is 0 Å². The number of unbranched alkanes of at least 4 members (excludes halogenated alkanes) is 1. The molecule has 18 heavy (non-hydrogen) atoms. The number of nitrogens with zero attached hydrogens (tertiary/aromatic N) is 1. The van der Waals surface area contributed by atoms with E-state index in [0.29, 0.717) is 12.1 Å². The van der Waals surface area contributed by atoms with Gasteiger partial charge in [-0.05, 0) is 59.2 Å². The lowest BCUT2D eigenvalue weighted by molar-refractivity contribution is 0.0741. The van der Waals surface area contributed by atoms with E-state index in [0.717, 1.165) is 6.61 Å². The summed E-state index contributed by atoms with van der Waals surface area (Å²) in [5.41, 5.74) is 0. The Bertz CT molecular complexity index is 197. The molecule has 1 saturated heterocycles. The Balaban J connectivity index is 2.11. The molecule has 0 saturated carbocycles. The van der Waals surface area contributed by atoms with Gasteiger partial charge in [0.05, 0.1) is 6.10 Å². The van der Waals surface area contributed by atoms with Gasteiger partial charge in [-0.3, -0.25) is 0 Å². The van der Waals surface area contributed by atoms with Crippen molar-refractivity contribution in [2.75, 3.05) is 32.8 Å². The number of nitrogens with one attached hydrogen (secondary N) is 1. The Morgan fingerprint density at radius 2 is 2.17 bits per heavy atom. The number of ether oxygens (including phenoxy) is 1. The van der Waals surface area contributed by atoms with Gasteiger partial charge in [0.15, 0.2) is 0 Å². The van der Waals surface area contributed by atoms with Gasteiger partial charge in [-0.15, -0.1) is 0 Å². The van der Waals surface area contributed by atoms with E-state index in [4.69, 9.17) is 4.74 Å². The molecule has 1 heterocycles. The van der Waals surface area contributed by atoms with Gasteiger partial charge >= 0.3 is 0 Å². The summed E-state index contributed by atoms with van der Waals surface area (Å²) >= 11 is 0. The topological polar surface area (TPSA) is 24.5 Å². The fraction of sp³-hybridized carbons (Fsp3) is 1.00. The fourth-order valence-electron chi connectivity index (χ4n) is 2.58. The van der Waals surface area contributed by atoms with Gasteiger partial charge < -0.3 is 15.0 Å². The highest BCUT2D eigenvalue weighted by atomic mass is 16.5. The van der Waals surface area contributed by atoms with Gasteiger partial charge in [-0.25, -0.2) is 0 Å². The third-order valence-corrected chi connectivity index (χ3v) is 3.52. The summed E-state index contributed by atoms with van der Waals surface area (Å²) in [6.45, 7) is 12.3. The second-order valence-electron chi connectivity index (χ2n) is 5.72. The largest absolute Gasteiger partial charge is 0.379 e. The molecular weight excluding hydrogens is 224 g/mol. The van der Waals surface area contributed by atoms with Crippen LogP contribution < -0.4 is 5.32 Å². The summed E-state index contributed by atoms with van der Waals surface area (Å²) in [6, 6.07) is 0.712. The van der Waals surface area contributed by atoms with E-state index in [1.807, 2.05) is 0 Å². The quantitative estimate of drug-likeness (QED) is 0.676. The number of rotatable bonds is 8. The molecule has 108 valence electrons. The molecule has 0 aromatic heterocycles. The van der Waals surface area contributed by atoms with E-state index in [2.05, 4.69) is 31.0 Å². The highest BCUT2D eigenvalue weighted by Gasteiger charge is 2.16. The van der Waals surface area contributed by atoms with Crippen molar-refractivity contribution in [2.45, 2.75) is 65.0 Å². The molecule has 0 aliphatic carbocycles. The van der Waals surface area contributed by atoms with Crippen molar-refractivity contribution in [2.24, 2.45) is 0 Å². The van der Waals surface area contributed by atoms with Crippen LogP contribution >= 0.6 is 0 Å². The van der Waals surface area contributed by atoms with Crippen molar-refractivity contribution in [3.8, 4) is 0 Å². The van der Waals surface area contributed by atoms with Crippen molar-refractivity contribution in [1.82, 2.24) is 10.2 Å². The van der Waals surface area contributed by atoms with E-state index in [9.17, 15) is 0 Å². The molecule has 1 rings (SSSR count). The van der Waals surface area contributed by atoms with Crippen LogP contribution in [0.1, 0.15) is 52.9 Å². The standard InChI is InChI=1S/C15H32N2O/c1-4-8-15-13-17(11-7-9-16-15)10-5-6-12-18-14(2)3/h14-16H,4-13H2,1-3H3. The molecule has 0 spiro atoms. The van der Waals surface area contributed by atoms with Crippen LogP contribution in [0.3, 0.4) is 0 Å². The van der Waals surface area contributed by atoms with Crippen LogP contribution in [0, 0.1) is 0 Å². The summed E-state index contributed by atoms with van der Waals surface area (Å²) in [7, 11) is 0. The average molecular weight is 256 g/mol. The smallest absolute Gasteiger partial charge is 0.0518 e. The van der Waals surface area contributed by atoms with E-state index in [1.165, 1.54) is 58.3 Å². The summed E-state index contributed by atoms with van der Waals surface area (Å²) in [4.78, 5) is 2.63. The van der Waals surface area contributed by atoms with Crippen LogP contribution in [0.25, 0.3) is 0 Å².